The van der Waals surface area contributed by atoms with Gasteiger partial charge in [-0.15, -0.1) is 0 Å². The maximum atomic E-state index is 4.50. The lowest BCUT2D eigenvalue weighted by Gasteiger charge is -2.13. The van der Waals surface area contributed by atoms with Crippen molar-refractivity contribution in [3.05, 3.63) is 48.5 Å². The minimum Gasteiger partial charge on any atom is -0.378 e. The summed E-state index contributed by atoms with van der Waals surface area (Å²) in [5, 5.41) is 3.30. The summed E-state index contributed by atoms with van der Waals surface area (Å²) in [6.07, 6.45) is 0. The quantitative estimate of drug-likeness (QED) is 0.751. The summed E-state index contributed by atoms with van der Waals surface area (Å²) in [5.41, 5.74) is 4.17. The lowest BCUT2D eigenvalue weighted by atomic mass is 10.2. The van der Waals surface area contributed by atoms with Gasteiger partial charge in [0.2, 0.25) is 5.95 Å². The number of nitrogens with one attached hydrogen (secondary N) is 2. The van der Waals surface area contributed by atoms with E-state index in [-0.39, 0.29) is 0 Å². The van der Waals surface area contributed by atoms with Crippen LogP contribution in [-0.4, -0.2) is 24.1 Å². The smallest absolute Gasteiger partial charge is 0.205 e. The fourth-order valence-electron chi connectivity index (χ4n) is 2.01. The van der Waals surface area contributed by atoms with Gasteiger partial charge in [0.1, 0.15) is 0 Å². The monoisotopic (exact) mass is 252 g/mol. The highest BCUT2D eigenvalue weighted by Gasteiger charge is 2.03. The molecule has 2 N–H and O–H groups in total. The van der Waals surface area contributed by atoms with Crippen molar-refractivity contribution in [2.24, 2.45) is 0 Å². The van der Waals surface area contributed by atoms with Crippen LogP contribution in [-0.2, 0) is 0 Å². The summed E-state index contributed by atoms with van der Waals surface area (Å²) in [5.74, 6) is 0.761. The van der Waals surface area contributed by atoms with Gasteiger partial charge in [0, 0.05) is 25.5 Å². The number of hydrogen-bond donors (Lipinski definition) is 2. The molecule has 0 fully saturated rings. The zero-order valence-corrected chi connectivity index (χ0v) is 11.0. The topological polar surface area (TPSA) is 44.0 Å². The van der Waals surface area contributed by atoms with E-state index in [0.717, 1.165) is 28.4 Å². The summed E-state index contributed by atoms with van der Waals surface area (Å²) in [6.45, 7) is 0. The van der Waals surface area contributed by atoms with Gasteiger partial charge in [0.25, 0.3) is 0 Å². The first-order chi connectivity index (χ1) is 9.22. The number of nitrogens with zero attached hydrogens (tertiary/aromatic N) is 2. The number of anilines is 3. The third-order valence-electron chi connectivity index (χ3n) is 3.01. The largest absolute Gasteiger partial charge is 0.378 e. The number of H-pyrrole nitrogens is 1. The van der Waals surface area contributed by atoms with Crippen LogP contribution in [0.5, 0.6) is 0 Å². The molecule has 0 aliphatic heterocycles. The Labute approximate surface area is 112 Å². The molecule has 96 valence electrons. The number of benzene rings is 2. The molecule has 0 aliphatic carbocycles. The van der Waals surface area contributed by atoms with Crippen LogP contribution in [0, 0.1) is 0 Å². The number of aromatic nitrogens is 2. The second kappa shape index (κ2) is 4.65. The third-order valence-corrected chi connectivity index (χ3v) is 3.01. The van der Waals surface area contributed by atoms with Gasteiger partial charge in [0.05, 0.1) is 11.0 Å². The second-order valence-corrected chi connectivity index (χ2v) is 4.67. The molecule has 3 aromatic rings. The van der Waals surface area contributed by atoms with Gasteiger partial charge in [-0.3, -0.25) is 0 Å². The number of fused-ring (bicyclic) bond motifs is 1. The van der Waals surface area contributed by atoms with E-state index in [2.05, 4.69) is 32.3 Å². The Morgan fingerprint density at radius 2 is 1.89 bits per heavy atom. The van der Waals surface area contributed by atoms with Gasteiger partial charge in [-0.2, -0.15) is 0 Å². The summed E-state index contributed by atoms with van der Waals surface area (Å²) in [7, 11) is 4.06. The molecule has 1 aromatic heterocycles. The first-order valence-corrected chi connectivity index (χ1v) is 6.21. The highest BCUT2D eigenvalue weighted by Crippen LogP contribution is 2.21. The van der Waals surface area contributed by atoms with Crippen molar-refractivity contribution in [2.45, 2.75) is 0 Å². The average Bonchev–Trinajstić information content (AvgIpc) is 2.81. The number of hydrogen-bond acceptors (Lipinski definition) is 3. The normalized spacial score (nSPS) is 10.6. The molecule has 3 rings (SSSR count). The summed E-state index contributed by atoms with van der Waals surface area (Å²) in [6, 6.07) is 16.2. The van der Waals surface area contributed by atoms with E-state index in [4.69, 9.17) is 0 Å². The minimum absolute atomic E-state index is 0.761. The van der Waals surface area contributed by atoms with Crippen molar-refractivity contribution in [3.8, 4) is 0 Å². The fraction of sp³-hybridized carbons (Fsp3) is 0.133. The van der Waals surface area contributed by atoms with Crippen molar-refractivity contribution in [2.75, 3.05) is 24.3 Å². The van der Waals surface area contributed by atoms with Crippen LogP contribution < -0.4 is 10.2 Å². The number of aromatic amines is 1. The van der Waals surface area contributed by atoms with E-state index in [9.17, 15) is 0 Å². The van der Waals surface area contributed by atoms with Gasteiger partial charge >= 0.3 is 0 Å². The molecule has 0 amide bonds. The lowest BCUT2D eigenvalue weighted by molar-refractivity contribution is 1.13. The first-order valence-electron chi connectivity index (χ1n) is 6.21. The van der Waals surface area contributed by atoms with Crippen LogP contribution >= 0.6 is 0 Å². The number of rotatable bonds is 3. The van der Waals surface area contributed by atoms with Crippen molar-refractivity contribution in [3.63, 3.8) is 0 Å². The van der Waals surface area contributed by atoms with Gasteiger partial charge in [-0.25, -0.2) is 4.98 Å². The maximum absolute atomic E-state index is 4.50. The zero-order chi connectivity index (χ0) is 13.2. The Balaban J connectivity index is 1.90. The molecule has 0 radical (unpaired) electrons. The van der Waals surface area contributed by atoms with Crippen LogP contribution in [0.2, 0.25) is 0 Å². The van der Waals surface area contributed by atoms with E-state index < -0.39 is 0 Å². The Morgan fingerprint density at radius 1 is 1.05 bits per heavy atom. The van der Waals surface area contributed by atoms with Gasteiger partial charge in [-0.05, 0) is 30.3 Å². The Kier molecular flexibility index (Phi) is 2.83. The second-order valence-electron chi connectivity index (χ2n) is 4.67. The minimum atomic E-state index is 0.761. The molecule has 1 heterocycles. The fourth-order valence-corrected chi connectivity index (χ4v) is 2.01. The van der Waals surface area contributed by atoms with Crippen molar-refractivity contribution in [1.29, 1.82) is 0 Å². The summed E-state index contributed by atoms with van der Waals surface area (Å²) >= 11 is 0. The molecular formula is C15H16N4. The van der Waals surface area contributed by atoms with Crippen LogP contribution in [0.25, 0.3) is 11.0 Å². The van der Waals surface area contributed by atoms with E-state index in [1.807, 2.05) is 50.5 Å². The first kappa shape index (κ1) is 11.6. The molecule has 0 saturated heterocycles. The third kappa shape index (κ3) is 2.38. The van der Waals surface area contributed by atoms with Crippen LogP contribution in [0.4, 0.5) is 17.3 Å². The Hall–Kier alpha value is -2.49. The SMILES string of the molecule is CN(C)c1cccc(Nc2nc3ccccc3[nH]2)c1. The Bertz CT molecular complexity index is 667. The molecule has 4 nitrogen and oxygen atoms in total. The van der Waals surface area contributed by atoms with Crippen molar-refractivity contribution < 1.29 is 0 Å². The van der Waals surface area contributed by atoms with E-state index >= 15 is 0 Å². The predicted octanol–water partition coefficient (Wildman–Crippen LogP) is 3.37. The van der Waals surface area contributed by atoms with Crippen molar-refractivity contribution in [1.82, 2.24) is 9.97 Å². The molecule has 0 unspecified atom stereocenters. The Morgan fingerprint density at radius 3 is 2.68 bits per heavy atom. The lowest BCUT2D eigenvalue weighted by Crippen LogP contribution is -2.08. The molecule has 0 atom stereocenters. The van der Waals surface area contributed by atoms with Crippen molar-refractivity contribution >= 4 is 28.4 Å². The average molecular weight is 252 g/mol. The van der Waals surface area contributed by atoms with Crippen LogP contribution in [0.15, 0.2) is 48.5 Å². The van der Waals surface area contributed by atoms with E-state index in [1.165, 1.54) is 0 Å². The molecule has 19 heavy (non-hydrogen) atoms. The molecule has 0 bridgehead atoms. The van der Waals surface area contributed by atoms with Gasteiger partial charge in [0.15, 0.2) is 0 Å². The van der Waals surface area contributed by atoms with Crippen LogP contribution in [0.3, 0.4) is 0 Å². The molecule has 0 spiro atoms. The highest BCUT2D eigenvalue weighted by atomic mass is 15.1. The molecule has 2 aromatic carbocycles. The molecular weight excluding hydrogens is 236 g/mol. The van der Waals surface area contributed by atoms with Gasteiger partial charge < -0.3 is 15.2 Å². The standard InChI is InChI=1S/C15H16N4/c1-19(2)12-7-5-6-11(10-12)16-15-17-13-8-3-4-9-14(13)18-15/h3-10H,1-2H3,(H2,16,17,18). The number of imidazole rings is 1. The molecule has 4 heteroatoms. The maximum Gasteiger partial charge on any atom is 0.205 e. The zero-order valence-electron chi connectivity index (χ0n) is 11.0. The van der Waals surface area contributed by atoms with E-state index in [1.54, 1.807) is 0 Å². The molecule has 0 aliphatic rings. The van der Waals surface area contributed by atoms with E-state index in [0.29, 0.717) is 0 Å². The highest BCUT2D eigenvalue weighted by molar-refractivity contribution is 5.78. The summed E-state index contributed by atoms with van der Waals surface area (Å²) in [4.78, 5) is 9.83. The number of para-hydroxylation sites is 2. The molecule has 0 saturated carbocycles. The van der Waals surface area contributed by atoms with Crippen LogP contribution in [0.1, 0.15) is 0 Å². The predicted molar refractivity (Wildman–Crippen MR) is 80.1 cm³/mol. The summed E-state index contributed by atoms with van der Waals surface area (Å²) < 4.78 is 0. The van der Waals surface area contributed by atoms with Gasteiger partial charge in [-0.1, -0.05) is 18.2 Å².